The number of anilines is 1. The van der Waals surface area contributed by atoms with Crippen molar-refractivity contribution in [1.29, 1.82) is 0 Å². The lowest BCUT2D eigenvalue weighted by molar-refractivity contribution is 0.0980. The molecule has 1 amide bonds. The van der Waals surface area contributed by atoms with E-state index in [9.17, 15) is 4.79 Å². The second-order valence-electron chi connectivity index (χ2n) is 4.73. The molecule has 0 radical (unpaired) electrons. The van der Waals surface area contributed by atoms with Crippen LogP contribution >= 0.6 is 23.2 Å². The van der Waals surface area contributed by atoms with Crippen molar-refractivity contribution >= 4 is 34.8 Å². The molecule has 2 rings (SSSR count). The van der Waals surface area contributed by atoms with Crippen LogP contribution in [0.5, 0.6) is 0 Å². The zero-order valence-electron chi connectivity index (χ0n) is 11.3. The summed E-state index contributed by atoms with van der Waals surface area (Å²) in [4.78, 5) is 14.3. The van der Waals surface area contributed by atoms with E-state index in [1.807, 2.05) is 32.0 Å². The number of nitrogens with zero attached hydrogens (tertiary/aromatic N) is 1. The van der Waals surface area contributed by atoms with E-state index >= 15 is 0 Å². The Labute approximate surface area is 128 Å². The Morgan fingerprint density at radius 2 is 1.70 bits per heavy atom. The first kappa shape index (κ1) is 14.9. The molecule has 2 aromatic carbocycles. The number of halogens is 2. The van der Waals surface area contributed by atoms with Gasteiger partial charge in [-0.25, -0.2) is 0 Å². The third-order valence-corrected chi connectivity index (χ3v) is 3.46. The molecule has 0 aliphatic carbocycles. The topological polar surface area (TPSA) is 20.3 Å². The third-order valence-electron chi connectivity index (χ3n) is 2.93. The van der Waals surface area contributed by atoms with E-state index in [2.05, 4.69) is 0 Å². The summed E-state index contributed by atoms with van der Waals surface area (Å²) in [7, 11) is 0. The van der Waals surface area contributed by atoms with Gasteiger partial charge in [0.1, 0.15) is 0 Å². The van der Waals surface area contributed by atoms with E-state index in [0.717, 1.165) is 0 Å². The Kier molecular flexibility index (Phi) is 4.69. The molecule has 2 aromatic rings. The molecule has 0 unspecified atom stereocenters. The van der Waals surface area contributed by atoms with Crippen LogP contribution in [0.4, 0.5) is 5.69 Å². The Balaban J connectivity index is 2.44. The SMILES string of the molecule is CC(C)N(C(=O)c1ccccc1)c1ccc(Cl)cc1Cl. The molecule has 4 heteroatoms. The molecule has 0 aliphatic rings. The highest BCUT2D eigenvalue weighted by Gasteiger charge is 2.22. The van der Waals surface area contributed by atoms with Crippen LogP contribution in [0.25, 0.3) is 0 Å². The maximum Gasteiger partial charge on any atom is 0.258 e. The molecule has 0 aliphatic heterocycles. The highest BCUT2D eigenvalue weighted by atomic mass is 35.5. The minimum atomic E-state index is -0.0789. The van der Waals surface area contributed by atoms with Crippen molar-refractivity contribution in [3.05, 3.63) is 64.1 Å². The fraction of sp³-hybridized carbons (Fsp3) is 0.188. The maximum absolute atomic E-state index is 12.7. The van der Waals surface area contributed by atoms with Crippen molar-refractivity contribution in [1.82, 2.24) is 0 Å². The molecule has 0 saturated heterocycles. The van der Waals surface area contributed by atoms with Crippen LogP contribution in [-0.4, -0.2) is 11.9 Å². The highest BCUT2D eigenvalue weighted by Crippen LogP contribution is 2.31. The lowest BCUT2D eigenvalue weighted by Gasteiger charge is -2.28. The molecule has 104 valence electrons. The van der Waals surface area contributed by atoms with Crippen molar-refractivity contribution in [2.45, 2.75) is 19.9 Å². The van der Waals surface area contributed by atoms with Crippen LogP contribution in [0.3, 0.4) is 0 Å². The maximum atomic E-state index is 12.7. The molecule has 0 atom stereocenters. The summed E-state index contributed by atoms with van der Waals surface area (Å²) < 4.78 is 0. The Morgan fingerprint density at radius 1 is 1.05 bits per heavy atom. The van der Waals surface area contributed by atoms with Gasteiger partial charge in [-0.1, -0.05) is 41.4 Å². The van der Waals surface area contributed by atoms with Crippen molar-refractivity contribution in [3.8, 4) is 0 Å². The van der Waals surface area contributed by atoms with Gasteiger partial charge in [-0.15, -0.1) is 0 Å². The number of hydrogen-bond donors (Lipinski definition) is 0. The van der Waals surface area contributed by atoms with Crippen molar-refractivity contribution in [2.24, 2.45) is 0 Å². The largest absolute Gasteiger partial charge is 0.304 e. The summed E-state index contributed by atoms with van der Waals surface area (Å²) in [5.74, 6) is -0.0789. The number of hydrogen-bond acceptors (Lipinski definition) is 1. The van der Waals surface area contributed by atoms with E-state index in [1.54, 1.807) is 35.2 Å². The number of carbonyl (C=O) groups excluding carboxylic acids is 1. The van der Waals surface area contributed by atoms with Crippen LogP contribution in [0.1, 0.15) is 24.2 Å². The van der Waals surface area contributed by atoms with Gasteiger partial charge < -0.3 is 4.90 Å². The fourth-order valence-corrected chi connectivity index (χ4v) is 2.52. The van der Waals surface area contributed by atoms with Crippen molar-refractivity contribution in [3.63, 3.8) is 0 Å². The Hall–Kier alpha value is -1.51. The van der Waals surface area contributed by atoms with Gasteiger partial charge in [0.2, 0.25) is 0 Å². The lowest BCUT2D eigenvalue weighted by Crippen LogP contribution is -2.37. The van der Waals surface area contributed by atoms with Crippen LogP contribution in [0, 0.1) is 0 Å². The summed E-state index contributed by atoms with van der Waals surface area (Å²) in [5, 5.41) is 1.02. The molecule has 0 fully saturated rings. The van der Waals surface area contributed by atoms with Gasteiger partial charge in [-0.3, -0.25) is 4.79 Å². The van der Waals surface area contributed by atoms with Crippen LogP contribution in [0.15, 0.2) is 48.5 Å². The van der Waals surface area contributed by atoms with E-state index < -0.39 is 0 Å². The van der Waals surface area contributed by atoms with Gasteiger partial charge in [0, 0.05) is 16.6 Å². The average molecular weight is 308 g/mol. The van der Waals surface area contributed by atoms with Gasteiger partial charge in [0.25, 0.3) is 5.91 Å². The number of benzene rings is 2. The highest BCUT2D eigenvalue weighted by molar-refractivity contribution is 6.37. The summed E-state index contributed by atoms with van der Waals surface area (Å²) in [5.41, 5.74) is 1.30. The number of rotatable bonds is 3. The summed E-state index contributed by atoms with van der Waals surface area (Å²) in [6.07, 6.45) is 0. The second-order valence-corrected chi connectivity index (χ2v) is 5.57. The Morgan fingerprint density at radius 3 is 2.25 bits per heavy atom. The van der Waals surface area contributed by atoms with Crippen molar-refractivity contribution in [2.75, 3.05) is 4.90 Å². The van der Waals surface area contributed by atoms with E-state index in [0.29, 0.717) is 21.3 Å². The van der Waals surface area contributed by atoms with Crippen LogP contribution in [-0.2, 0) is 0 Å². The first-order valence-corrected chi connectivity index (χ1v) is 7.10. The Bertz CT molecular complexity index is 611. The minimum Gasteiger partial charge on any atom is -0.304 e. The molecular formula is C16H15Cl2NO. The second kappa shape index (κ2) is 6.29. The summed E-state index contributed by atoms with van der Waals surface area (Å²) in [6, 6.07) is 14.3. The third kappa shape index (κ3) is 3.14. The van der Waals surface area contributed by atoms with Gasteiger partial charge in [0.05, 0.1) is 10.7 Å². The molecule has 20 heavy (non-hydrogen) atoms. The quantitative estimate of drug-likeness (QED) is 0.777. The molecule has 0 heterocycles. The molecule has 0 N–H and O–H groups in total. The molecule has 0 aromatic heterocycles. The number of carbonyl (C=O) groups is 1. The lowest BCUT2D eigenvalue weighted by atomic mass is 10.1. The fourth-order valence-electron chi connectivity index (χ4n) is 2.02. The average Bonchev–Trinajstić information content (AvgIpc) is 2.42. The van der Waals surface area contributed by atoms with Gasteiger partial charge in [-0.2, -0.15) is 0 Å². The molecule has 2 nitrogen and oxygen atoms in total. The predicted molar refractivity (Wildman–Crippen MR) is 84.8 cm³/mol. The van der Waals surface area contributed by atoms with Gasteiger partial charge in [-0.05, 0) is 44.2 Å². The zero-order chi connectivity index (χ0) is 14.7. The van der Waals surface area contributed by atoms with Gasteiger partial charge >= 0.3 is 0 Å². The van der Waals surface area contributed by atoms with E-state index in [4.69, 9.17) is 23.2 Å². The van der Waals surface area contributed by atoms with Crippen LogP contribution < -0.4 is 4.90 Å². The minimum absolute atomic E-state index is 0.0126. The van der Waals surface area contributed by atoms with E-state index in [-0.39, 0.29) is 11.9 Å². The summed E-state index contributed by atoms with van der Waals surface area (Å²) in [6.45, 7) is 3.90. The smallest absolute Gasteiger partial charge is 0.258 e. The predicted octanol–water partition coefficient (Wildman–Crippen LogP) is 5.05. The molecule has 0 saturated carbocycles. The number of amides is 1. The van der Waals surface area contributed by atoms with E-state index in [1.165, 1.54) is 0 Å². The van der Waals surface area contributed by atoms with Gasteiger partial charge in [0.15, 0.2) is 0 Å². The monoisotopic (exact) mass is 307 g/mol. The normalized spacial score (nSPS) is 10.7. The standard InChI is InChI=1S/C16H15Cl2NO/c1-11(2)19(15-9-8-13(17)10-14(15)18)16(20)12-6-4-3-5-7-12/h3-11H,1-2H3. The van der Waals surface area contributed by atoms with Crippen molar-refractivity contribution < 1.29 is 4.79 Å². The zero-order valence-corrected chi connectivity index (χ0v) is 12.8. The first-order chi connectivity index (χ1) is 9.50. The molecule has 0 bridgehead atoms. The molecular weight excluding hydrogens is 293 g/mol. The van der Waals surface area contributed by atoms with Crippen LogP contribution in [0.2, 0.25) is 10.0 Å². The first-order valence-electron chi connectivity index (χ1n) is 6.34. The summed E-state index contributed by atoms with van der Waals surface area (Å²) >= 11 is 12.1. The molecule has 0 spiro atoms.